The van der Waals surface area contributed by atoms with Gasteiger partial charge < -0.3 is 10.3 Å². The molecule has 118 valence electrons. The van der Waals surface area contributed by atoms with Crippen molar-refractivity contribution in [1.82, 2.24) is 10.3 Å². The van der Waals surface area contributed by atoms with Crippen LogP contribution in [-0.4, -0.2) is 25.7 Å². The highest BCUT2D eigenvalue weighted by molar-refractivity contribution is 6.57. The van der Waals surface area contributed by atoms with Gasteiger partial charge in [-0.25, -0.2) is 0 Å². The third kappa shape index (κ3) is 2.97. The number of hydrogen-bond acceptors (Lipinski definition) is 1. The van der Waals surface area contributed by atoms with Gasteiger partial charge in [0, 0.05) is 25.7 Å². The van der Waals surface area contributed by atoms with Crippen molar-refractivity contribution in [2.24, 2.45) is 0 Å². The van der Waals surface area contributed by atoms with Crippen molar-refractivity contribution in [3.05, 3.63) is 35.0 Å². The van der Waals surface area contributed by atoms with E-state index in [2.05, 4.69) is 49.4 Å². The Morgan fingerprint density at radius 1 is 1.23 bits per heavy atom. The average Bonchev–Trinajstić information content (AvgIpc) is 3.05. The predicted molar refractivity (Wildman–Crippen MR) is 95.5 cm³/mol. The number of carbonyl (C=O) groups is 1. The molecule has 2 N–H and O–H groups in total. The Morgan fingerprint density at radius 2 is 2.00 bits per heavy atom. The van der Waals surface area contributed by atoms with Gasteiger partial charge in [0.1, 0.15) is 5.69 Å². The third-order valence-corrected chi connectivity index (χ3v) is 7.58. The standard InChI is InChI=1S/C18H26N2OSi/c1-11-7-12(2)15-10-17(20-16(15)8-11)18(21)19-13-5-6-14(9-13)22(3)4/h7-8,10,13-14,20,22H,5-6,9H2,1-4H3,(H,19,21). The largest absolute Gasteiger partial charge is 0.351 e. The molecule has 1 heterocycles. The lowest BCUT2D eigenvalue weighted by molar-refractivity contribution is 0.0933. The highest BCUT2D eigenvalue weighted by atomic mass is 28.3. The number of rotatable bonds is 3. The fraction of sp³-hybridized carbons (Fsp3) is 0.500. The summed E-state index contributed by atoms with van der Waals surface area (Å²) in [6, 6.07) is 6.62. The fourth-order valence-corrected chi connectivity index (χ4v) is 5.47. The Bertz CT molecular complexity index is 704. The fourth-order valence-electron chi connectivity index (χ4n) is 3.74. The molecule has 1 saturated carbocycles. The second kappa shape index (κ2) is 5.92. The van der Waals surface area contributed by atoms with Crippen molar-refractivity contribution in [1.29, 1.82) is 0 Å². The molecule has 1 fully saturated rings. The number of nitrogens with one attached hydrogen (secondary N) is 2. The van der Waals surface area contributed by atoms with Crippen molar-refractivity contribution < 1.29 is 4.79 Å². The molecular weight excluding hydrogens is 288 g/mol. The van der Waals surface area contributed by atoms with Gasteiger partial charge in [-0.2, -0.15) is 0 Å². The second-order valence-electron chi connectivity index (χ2n) is 7.21. The van der Waals surface area contributed by atoms with Crippen LogP contribution in [0.15, 0.2) is 18.2 Å². The van der Waals surface area contributed by atoms with Crippen molar-refractivity contribution >= 4 is 25.6 Å². The van der Waals surface area contributed by atoms with Gasteiger partial charge in [0.15, 0.2) is 0 Å². The Kier molecular flexibility index (Phi) is 4.13. The van der Waals surface area contributed by atoms with Gasteiger partial charge in [0.25, 0.3) is 5.91 Å². The number of H-pyrrole nitrogens is 1. The molecule has 2 unspecified atom stereocenters. The van der Waals surface area contributed by atoms with E-state index in [-0.39, 0.29) is 5.91 Å². The molecule has 2 atom stereocenters. The molecule has 1 aromatic carbocycles. The molecule has 4 heteroatoms. The van der Waals surface area contributed by atoms with E-state index < -0.39 is 8.80 Å². The van der Waals surface area contributed by atoms with Crippen molar-refractivity contribution in [2.45, 2.75) is 57.8 Å². The Balaban J connectivity index is 1.74. The van der Waals surface area contributed by atoms with Gasteiger partial charge in [-0.05, 0) is 55.5 Å². The van der Waals surface area contributed by atoms with E-state index in [1.807, 2.05) is 6.07 Å². The monoisotopic (exact) mass is 314 g/mol. The van der Waals surface area contributed by atoms with Gasteiger partial charge in [0.2, 0.25) is 0 Å². The van der Waals surface area contributed by atoms with Crippen LogP contribution < -0.4 is 5.32 Å². The summed E-state index contributed by atoms with van der Waals surface area (Å²) in [5.74, 6) is 0.0457. The Morgan fingerprint density at radius 3 is 2.68 bits per heavy atom. The minimum absolute atomic E-state index is 0.0457. The minimum atomic E-state index is -0.576. The van der Waals surface area contributed by atoms with Crippen LogP contribution in [0.25, 0.3) is 10.9 Å². The molecule has 2 aromatic rings. The zero-order valence-electron chi connectivity index (χ0n) is 14.0. The van der Waals surface area contributed by atoms with Crippen LogP contribution in [0.1, 0.15) is 40.9 Å². The summed E-state index contributed by atoms with van der Waals surface area (Å²) >= 11 is 0. The van der Waals surface area contributed by atoms with Gasteiger partial charge in [-0.15, -0.1) is 0 Å². The maximum Gasteiger partial charge on any atom is 0.267 e. The minimum Gasteiger partial charge on any atom is -0.351 e. The average molecular weight is 315 g/mol. The van der Waals surface area contributed by atoms with E-state index in [1.54, 1.807) is 0 Å². The zero-order chi connectivity index (χ0) is 15.9. The molecule has 1 aromatic heterocycles. The molecule has 22 heavy (non-hydrogen) atoms. The summed E-state index contributed by atoms with van der Waals surface area (Å²) in [5, 5.41) is 4.37. The highest BCUT2D eigenvalue weighted by Crippen LogP contribution is 2.33. The molecule has 0 aliphatic heterocycles. The van der Waals surface area contributed by atoms with Gasteiger partial charge >= 0.3 is 0 Å². The van der Waals surface area contributed by atoms with Crippen molar-refractivity contribution in [2.75, 3.05) is 0 Å². The molecule has 0 bridgehead atoms. The highest BCUT2D eigenvalue weighted by Gasteiger charge is 2.28. The van der Waals surface area contributed by atoms with Gasteiger partial charge in [0.05, 0.1) is 0 Å². The number of aryl methyl sites for hydroxylation is 2. The van der Waals surface area contributed by atoms with E-state index in [0.717, 1.165) is 22.9 Å². The first-order valence-electron chi connectivity index (χ1n) is 8.35. The molecule has 3 nitrogen and oxygen atoms in total. The van der Waals surface area contributed by atoms with Crippen LogP contribution in [0.2, 0.25) is 18.6 Å². The number of benzene rings is 1. The summed E-state index contributed by atoms with van der Waals surface area (Å²) in [6.07, 6.45) is 3.60. The summed E-state index contributed by atoms with van der Waals surface area (Å²) in [4.78, 5) is 15.8. The Hall–Kier alpha value is -1.55. The lowest BCUT2D eigenvalue weighted by Crippen LogP contribution is -2.33. The lowest BCUT2D eigenvalue weighted by atomic mass is 10.1. The number of hydrogen-bond donors (Lipinski definition) is 2. The summed E-state index contributed by atoms with van der Waals surface area (Å²) in [5.41, 5.74) is 5.07. The summed E-state index contributed by atoms with van der Waals surface area (Å²) < 4.78 is 0. The normalized spacial score (nSPS) is 21.7. The molecule has 1 aliphatic rings. The molecule has 0 saturated heterocycles. The number of amides is 1. The first-order chi connectivity index (χ1) is 10.4. The number of aromatic amines is 1. The third-order valence-electron chi connectivity index (χ3n) is 5.09. The molecular formula is C18H26N2OSi. The molecule has 0 radical (unpaired) electrons. The lowest BCUT2D eigenvalue weighted by Gasteiger charge is -2.14. The van der Waals surface area contributed by atoms with Crippen LogP contribution >= 0.6 is 0 Å². The Labute approximate surface area is 134 Å². The van der Waals surface area contributed by atoms with Crippen LogP contribution in [0.3, 0.4) is 0 Å². The summed E-state index contributed by atoms with van der Waals surface area (Å²) in [6.45, 7) is 9.01. The van der Waals surface area contributed by atoms with Gasteiger partial charge in [-0.3, -0.25) is 4.79 Å². The SMILES string of the molecule is Cc1cc(C)c2cc(C(=O)NC3CCC([SiH](C)C)C3)[nH]c2c1. The molecule has 1 aliphatic carbocycles. The van der Waals surface area contributed by atoms with Crippen LogP contribution in [0.4, 0.5) is 0 Å². The van der Waals surface area contributed by atoms with Gasteiger partial charge in [-0.1, -0.05) is 25.6 Å². The molecule has 3 rings (SSSR count). The smallest absolute Gasteiger partial charge is 0.267 e. The molecule has 1 amide bonds. The zero-order valence-corrected chi connectivity index (χ0v) is 15.1. The first kappa shape index (κ1) is 15.3. The van der Waals surface area contributed by atoms with E-state index in [0.29, 0.717) is 11.7 Å². The van der Waals surface area contributed by atoms with E-state index in [1.165, 1.54) is 24.0 Å². The van der Waals surface area contributed by atoms with E-state index in [4.69, 9.17) is 0 Å². The van der Waals surface area contributed by atoms with Crippen molar-refractivity contribution in [3.63, 3.8) is 0 Å². The second-order valence-corrected chi connectivity index (χ2v) is 10.6. The van der Waals surface area contributed by atoms with E-state index >= 15 is 0 Å². The number of aromatic nitrogens is 1. The number of fused-ring (bicyclic) bond motifs is 1. The van der Waals surface area contributed by atoms with Crippen LogP contribution in [0.5, 0.6) is 0 Å². The maximum atomic E-state index is 12.5. The maximum absolute atomic E-state index is 12.5. The topological polar surface area (TPSA) is 44.9 Å². The quantitative estimate of drug-likeness (QED) is 0.829. The molecule has 0 spiro atoms. The van der Waals surface area contributed by atoms with Crippen LogP contribution in [0, 0.1) is 13.8 Å². The van der Waals surface area contributed by atoms with Crippen molar-refractivity contribution in [3.8, 4) is 0 Å². The van der Waals surface area contributed by atoms with Crippen LogP contribution in [-0.2, 0) is 0 Å². The number of carbonyl (C=O) groups excluding carboxylic acids is 1. The first-order valence-corrected chi connectivity index (χ1v) is 11.3. The summed E-state index contributed by atoms with van der Waals surface area (Å²) in [7, 11) is -0.576. The van der Waals surface area contributed by atoms with E-state index in [9.17, 15) is 4.79 Å². The predicted octanol–water partition coefficient (Wildman–Crippen LogP) is 3.92.